The fourth-order valence-electron chi connectivity index (χ4n) is 1.31. The molecule has 2 N–H and O–H groups in total. The van der Waals surface area contributed by atoms with E-state index >= 15 is 0 Å². The third-order valence-electron chi connectivity index (χ3n) is 2.18. The highest BCUT2D eigenvalue weighted by Gasteiger charge is 2.14. The molecule has 16 heavy (non-hydrogen) atoms. The molecule has 0 aliphatic rings. The van der Waals surface area contributed by atoms with Crippen LogP contribution in [0.1, 0.15) is 28.0 Å². The summed E-state index contributed by atoms with van der Waals surface area (Å²) >= 11 is 1.40. The first-order valence-corrected chi connectivity index (χ1v) is 5.84. The Labute approximate surface area is 96.9 Å². The van der Waals surface area contributed by atoms with E-state index in [4.69, 9.17) is 5.73 Å². The van der Waals surface area contributed by atoms with Crippen LogP contribution >= 0.6 is 11.3 Å². The normalized spacial score (nSPS) is 10.6. The highest BCUT2D eigenvalue weighted by atomic mass is 32.1. The second-order valence-corrected chi connectivity index (χ2v) is 4.19. The zero-order chi connectivity index (χ0) is 11.5. The highest BCUT2D eigenvalue weighted by molar-refractivity contribution is 7.09. The molecule has 84 valence electrons. The summed E-state index contributed by atoms with van der Waals surface area (Å²) in [5.41, 5.74) is 6.46. The van der Waals surface area contributed by atoms with Crippen LogP contribution in [-0.4, -0.2) is 20.5 Å². The van der Waals surface area contributed by atoms with Gasteiger partial charge in [0.15, 0.2) is 0 Å². The van der Waals surface area contributed by atoms with Crippen molar-refractivity contribution in [2.75, 3.05) is 0 Å². The summed E-state index contributed by atoms with van der Waals surface area (Å²) < 4.78 is 1.71. The Hall–Kier alpha value is -1.53. The molecule has 0 saturated heterocycles. The monoisotopic (exact) mass is 236 g/mol. The van der Waals surface area contributed by atoms with Crippen molar-refractivity contribution in [2.24, 2.45) is 5.73 Å². The van der Waals surface area contributed by atoms with Gasteiger partial charge in [0.1, 0.15) is 10.7 Å². The van der Waals surface area contributed by atoms with Crippen LogP contribution in [0.3, 0.4) is 0 Å². The lowest BCUT2D eigenvalue weighted by Gasteiger charge is -1.92. The number of nitrogens with zero attached hydrogens (tertiary/aromatic N) is 3. The third-order valence-corrected chi connectivity index (χ3v) is 3.05. The first-order valence-electron chi connectivity index (χ1n) is 4.96. The molecule has 2 aromatic heterocycles. The molecule has 0 atom stereocenters. The Balaban J connectivity index is 2.24. The average Bonchev–Trinajstić information content (AvgIpc) is 2.97. The molecule has 0 fully saturated rings. The smallest absolute Gasteiger partial charge is 0.215 e. The van der Waals surface area contributed by atoms with E-state index in [1.54, 1.807) is 22.5 Å². The Kier molecular flexibility index (Phi) is 3.12. The SMILES string of the molecule is CCn1cc(C(=O)c2csc(CN)n2)cn1. The van der Waals surface area contributed by atoms with Gasteiger partial charge >= 0.3 is 0 Å². The molecule has 0 aliphatic carbocycles. The predicted octanol–water partition coefficient (Wildman–Crippen LogP) is 1.05. The fraction of sp³-hybridized carbons (Fsp3) is 0.300. The topological polar surface area (TPSA) is 73.8 Å². The zero-order valence-corrected chi connectivity index (χ0v) is 9.70. The molecule has 2 heterocycles. The third kappa shape index (κ3) is 2.02. The second kappa shape index (κ2) is 4.54. The van der Waals surface area contributed by atoms with Gasteiger partial charge in [-0.25, -0.2) is 4.98 Å². The minimum Gasteiger partial charge on any atom is -0.325 e. The predicted molar refractivity (Wildman–Crippen MR) is 61.3 cm³/mol. The van der Waals surface area contributed by atoms with E-state index in [9.17, 15) is 4.79 Å². The van der Waals surface area contributed by atoms with E-state index in [2.05, 4.69) is 10.1 Å². The number of thiazole rings is 1. The molecular weight excluding hydrogens is 224 g/mol. The molecule has 2 rings (SSSR count). The number of aromatic nitrogens is 3. The maximum Gasteiger partial charge on any atom is 0.215 e. The van der Waals surface area contributed by atoms with Crippen LogP contribution in [0.15, 0.2) is 17.8 Å². The van der Waals surface area contributed by atoms with Gasteiger partial charge < -0.3 is 5.73 Å². The molecule has 2 aromatic rings. The number of rotatable bonds is 4. The summed E-state index contributed by atoms with van der Waals surface area (Å²) in [6, 6.07) is 0. The summed E-state index contributed by atoms with van der Waals surface area (Å²) in [5.74, 6) is -0.101. The maximum absolute atomic E-state index is 12.0. The minimum absolute atomic E-state index is 0.101. The molecular formula is C10H12N4OS. The van der Waals surface area contributed by atoms with E-state index in [-0.39, 0.29) is 5.78 Å². The molecule has 5 nitrogen and oxygen atoms in total. The van der Waals surface area contributed by atoms with Crippen LogP contribution < -0.4 is 5.73 Å². The zero-order valence-electron chi connectivity index (χ0n) is 8.88. The van der Waals surface area contributed by atoms with Crippen LogP contribution in [0.4, 0.5) is 0 Å². The molecule has 0 unspecified atom stereocenters. The summed E-state index contributed by atoms with van der Waals surface area (Å²) in [6.07, 6.45) is 3.29. The van der Waals surface area contributed by atoms with Crippen molar-refractivity contribution >= 4 is 17.1 Å². The number of carbonyl (C=O) groups excluding carboxylic acids is 1. The van der Waals surface area contributed by atoms with Gasteiger partial charge in [0.2, 0.25) is 5.78 Å². The summed E-state index contributed by atoms with van der Waals surface area (Å²) in [4.78, 5) is 16.1. The van der Waals surface area contributed by atoms with Crippen LogP contribution in [0.5, 0.6) is 0 Å². The Bertz CT molecular complexity index is 458. The number of hydrogen-bond acceptors (Lipinski definition) is 5. The van der Waals surface area contributed by atoms with Gasteiger partial charge in [-0.15, -0.1) is 11.3 Å². The molecule has 0 radical (unpaired) electrons. The van der Waals surface area contributed by atoms with Gasteiger partial charge in [0.05, 0.1) is 11.8 Å². The molecule has 0 bridgehead atoms. The van der Waals surface area contributed by atoms with Gasteiger partial charge in [-0.2, -0.15) is 5.10 Å². The fourth-order valence-corrected chi connectivity index (χ4v) is 1.97. The van der Waals surface area contributed by atoms with E-state index < -0.39 is 0 Å². The number of carbonyl (C=O) groups is 1. The number of nitrogens with two attached hydrogens (primary N) is 1. The second-order valence-electron chi connectivity index (χ2n) is 3.24. The van der Waals surface area contributed by atoms with Crippen molar-refractivity contribution < 1.29 is 4.79 Å². The van der Waals surface area contributed by atoms with Crippen LogP contribution in [0.2, 0.25) is 0 Å². The average molecular weight is 236 g/mol. The van der Waals surface area contributed by atoms with Gasteiger partial charge in [-0.1, -0.05) is 0 Å². The lowest BCUT2D eigenvalue weighted by atomic mass is 10.2. The summed E-state index contributed by atoms with van der Waals surface area (Å²) in [5, 5.41) is 6.55. The lowest BCUT2D eigenvalue weighted by Crippen LogP contribution is -2.02. The molecule has 0 aliphatic heterocycles. The van der Waals surface area contributed by atoms with Crippen LogP contribution in [-0.2, 0) is 13.1 Å². The minimum atomic E-state index is -0.101. The molecule has 0 saturated carbocycles. The van der Waals surface area contributed by atoms with E-state index in [0.717, 1.165) is 11.6 Å². The maximum atomic E-state index is 12.0. The highest BCUT2D eigenvalue weighted by Crippen LogP contribution is 2.13. The van der Waals surface area contributed by atoms with Crippen molar-refractivity contribution in [2.45, 2.75) is 20.0 Å². The van der Waals surface area contributed by atoms with Crippen molar-refractivity contribution in [1.82, 2.24) is 14.8 Å². The Morgan fingerprint density at radius 3 is 3.00 bits per heavy atom. The van der Waals surface area contributed by atoms with Crippen LogP contribution in [0, 0.1) is 0 Å². The van der Waals surface area contributed by atoms with E-state index in [1.807, 2.05) is 6.92 Å². The summed E-state index contributed by atoms with van der Waals surface area (Å²) in [6.45, 7) is 3.08. The number of aryl methyl sites for hydroxylation is 1. The van der Waals surface area contributed by atoms with Crippen molar-refractivity contribution in [3.63, 3.8) is 0 Å². The lowest BCUT2D eigenvalue weighted by molar-refractivity contribution is 0.103. The van der Waals surface area contributed by atoms with Gasteiger partial charge in [-0.3, -0.25) is 9.48 Å². The van der Waals surface area contributed by atoms with E-state index in [1.165, 1.54) is 11.3 Å². The first kappa shape index (κ1) is 11.0. The van der Waals surface area contributed by atoms with Gasteiger partial charge in [0, 0.05) is 24.7 Å². The molecule has 0 spiro atoms. The summed E-state index contributed by atoms with van der Waals surface area (Å²) in [7, 11) is 0. The molecule has 0 aromatic carbocycles. The number of ketones is 1. The quantitative estimate of drug-likeness (QED) is 0.805. The van der Waals surface area contributed by atoms with Crippen molar-refractivity contribution in [3.8, 4) is 0 Å². The van der Waals surface area contributed by atoms with Crippen molar-refractivity contribution in [3.05, 3.63) is 34.0 Å². The van der Waals surface area contributed by atoms with Gasteiger partial charge in [0.25, 0.3) is 0 Å². The Morgan fingerprint density at radius 2 is 2.44 bits per heavy atom. The standard InChI is InChI=1S/C10H12N4OS/c1-2-14-5-7(4-12-14)10(15)8-6-16-9(3-11)13-8/h4-6H,2-3,11H2,1H3. The molecule has 0 amide bonds. The largest absolute Gasteiger partial charge is 0.325 e. The van der Waals surface area contributed by atoms with Gasteiger partial charge in [-0.05, 0) is 6.92 Å². The van der Waals surface area contributed by atoms with Crippen LogP contribution in [0.25, 0.3) is 0 Å². The Morgan fingerprint density at radius 1 is 1.62 bits per heavy atom. The first-order chi connectivity index (χ1) is 7.74. The van der Waals surface area contributed by atoms with Crippen molar-refractivity contribution in [1.29, 1.82) is 0 Å². The molecule has 6 heteroatoms. The number of hydrogen-bond donors (Lipinski definition) is 1. The van der Waals surface area contributed by atoms with E-state index in [0.29, 0.717) is 17.8 Å².